The zero-order chi connectivity index (χ0) is 20.3. The van der Waals surface area contributed by atoms with Crippen LogP contribution in [0.2, 0.25) is 0 Å². The van der Waals surface area contributed by atoms with Gasteiger partial charge in [0.25, 0.3) is 5.91 Å². The first kappa shape index (κ1) is 19.6. The van der Waals surface area contributed by atoms with Crippen molar-refractivity contribution in [2.45, 2.75) is 43.1 Å². The van der Waals surface area contributed by atoms with Crippen molar-refractivity contribution in [3.8, 4) is 0 Å². The number of fused-ring (bicyclic) bond motifs is 1. The zero-order valence-electron chi connectivity index (χ0n) is 16.2. The van der Waals surface area contributed by atoms with Gasteiger partial charge in [-0.2, -0.15) is 0 Å². The normalized spacial score (nSPS) is 15.3. The second kappa shape index (κ2) is 8.33. The van der Waals surface area contributed by atoms with E-state index >= 15 is 0 Å². The lowest BCUT2D eigenvalue weighted by Gasteiger charge is -2.21. The monoisotopic (exact) mass is 408 g/mol. The van der Waals surface area contributed by atoms with Crippen molar-refractivity contribution in [2.24, 2.45) is 0 Å². The van der Waals surface area contributed by atoms with E-state index in [4.69, 9.17) is 0 Å². The largest absolute Gasteiger partial charge is 0.321 e. The van der Waals surface area contributed by atoms with Gasteiger partial charge >= 0.3 is 0 Å². The molecule has 0 radical (unpaired) electrons. The molecule has 6 heteroatoms. The molecule has 0 spiro atoms. The molecule has 1 fully saturated rings. The fourth-order valence-corrected chi connectivity index (χ4v) is 5.83. The number of hydrogen-bond acceptors (Lipinski definition) is 4. The number of para-hydroxylation sites is 1. The van der Waals surface area contributed by atoms with E-state index in [2.05, 4.69) is 10.3 Å². The van der Waals surface area contributed by atoms with Crippen LogP contribution >= 0.6 is 0 Å². The molecular formula is C23H24N2O3S. The van der Waals surface area contributed by atoms with Crippen LogP contribution in [-0.4, -0.2) is 24.6 Å². The van der Waals surface area contributed by atoms with Gasteiger partial charge in [-0.15, -0.1) is 0 Å². The Labute approximate surface area is 171 Å². The zero-order valence-corrected chi connectivity index (χ0v) is 17.0. The summed E-state index contributed by atoms with van der Waals surface area (Å²) in [5.41, 5.74) is 2.34. The fourth-order valence-electron chi connectivity index (χ4n) is 3.90. The van der Waals surface area contributed by atoms with Crippen LogP contribution in [0.4, 0.5) is 5.69 Å². The molecule has 2 aromatic carbocycles. The Bertz CT molecular complexity index is 1140. The number of nitrogens with zero attached hydrogens (tertiary/aromatic N) is 1. The van der Waals surface area contributed by atoms with E-state index < -0.39 is 9.84 Å². The molecular weight excluding hydrogens is 384 g/mol. The molecule has 1 aliphatic carbocycles. The number of pyridine rings is 1. The molecule has 0 saturated heterocycles. The molecule has 29 heavy (non-hydrogen) atoms. The topological polar surface area (TPSA) is 76.1 Å². The minimum atomic E-state index is -3.18. The molecule has 1 N–H and O–H groups in total. The molecule has 1 aliphatic rings. The SMILES string of the molecule is O=C(Nc1cccc(CS(=O)(=O)C2CCCCC2)c1)c1ccc2ccccc2n1. The van der Waals surface area contributed by atoms with E-state index in [1.807, 2.05) is 30.3 Å². The van der Waals surface area contributed by atoms with Gasteiger partial charge < -0.3 is 5.32 Å². The molecule has 0 unspecified atom stereocenters. The minimum absolute atomic E-state index is 0.00953. The average molecular weight is 409 g/mol. The van der Waals surface area contributed by atoms with Gasteiger partial charge in [0.05, 0.1) is 16.5 Å². The van der Waals surface area contributed by atoms with Gasteiger partial charge in [-0.25, -0.2) is 13.4 Å². The van der Waals surface area contributed by atoms with Crippen molar-refractivity contribution in [3.63, 3.8) is 0 Å². The number of carbonyl (C=O) groups is 1. The highest BCUT2D eigenvalue weighted by Crippen LogP contribution is 2.26. The summed E-state index contributed by atoms with van der Waals surface area (Å²) in [6.45, 7) is 0. The highest BCUT2D eigenvalue weighted by molar-refractivity contribution is 7.91. The molecule has 5 nitrogen and oxygen atoms in total. The maximum Gasteiger partial charge on any atom is 0.274 e. The molecule has 1 aromatic heterocycles. The highest BCUT2D eigenvalue weighted by Gasteiger charge is 2.27. The average Bonchev–Trinajstić information content (AvgIpc) is 2.74. The Morgan fingerprint density at radius 3 is 2.59 bits per heavy atom. The number of sulfone groups is 1. The third kappa shape index (κ3) is 4.65. The first-order valence-corrected chi connectivity index (χ1v) is 11.7. The van der Waals surface area contributed by atoms with Crippen molar-refractivity contribution in [2.75, 3.05) is 5.32 Å². The quantitative estimate of drug-likeness (QED) is 0.662. The van der Waals surface area contributed by atoms with Crippen molar-refractivity contribution < 1.29 is 13.2 Å². The van der Waals surface area contributed by atoms with Gasteiger partial charge in [0, 0.05) is 11.1 Å². The van der Waals surface area contributed by atoms with Crippen LogP contribution in [0.15, 0.2) is 60.7 Å². The predicted molar refractivity (Wildman–Crippen MR) is 116 cm³/mol. The van der Waals surface area contributed by atoms with Gasteiger partial charge in [-0.05, 0) is 42.7 Å². The Morgan fingerprint density at radius 1 is 0.966 bits per heavy atom. The maximum atomic E-state index is 12.7. The fraction of sp³-hybridized carbons (Fsp3) is 0.304. The molecule has 4 rings (SSSR count). The number of nitrogens with one attached hydrogen (secondary N) is 1. The van der Waals surface area contributed by atoms with E-state index in [1.54, 1.807) is 30.3 Å². The third-order valence-corrected chi connectivity index (χ3v) is 7.67. The van der Waals surface area contributed by atoms with Crippen molar-refractivity contribution in [3.05, 3.63) is 71.9 Å². The summed E-state index contributed by atoms with van der Waals surface area (Å²) in [6, 6.07) is 18.2. The standard InChI is InChI=1S/C23H24N2O3S/c26-23(22-14-13-18-8-4-5-12-21(18)25-22)24-19-9-6-7-17(15-19)16-29(27,28)20-10-2-1-3-11-20/h4-9,12-15,20H,1-3,10-11,16H2,(H,24,26). The first-order chi connectivity index (χ1) is 14.0. The van der Waals surface area contributed by atoms with E-state index in [1.165, 1.54) is 0 Å². The summed E-state index contributed by atoms with van der Waals surface area (Å²) in [7, 11) is -3.18. The smallest absolute Gasteiger partial charge is 0.274 e. The van der Waals surface area contributed by atoms with Crippen LogP contribution in [0.5, 0.6) is 0 Å². The van der Waals surface area contributed by atoms with Crippen LogP contribution in [0.3, 0.4) is 0 Å². The number of anilines is 1. The lowest BCUT2D eigenvalue weighted by molar-refractivity contribution is 0.102. The highest BCUT2D eigenvalue weighted by atomic mass is 32.2. The summed E-state index contributed by atoms with van der Waals surface area (Å²) in [5.74, 6) is -0.307. The summed E-state index contributed by atoms with van der Waals surface area (Å²) in [5, 5.41) is 3.56. The van der Waals surface area contributed by atoms with E-state index in [0.717, 1.165) is 43.0 Å². The molecule has 1 saturated carbocycles. The van der Waals surface area contributed by atoms with E-state index in [0.29, 0.717) is 16.9 Å². The van der Waals surface area contributed by atoms with Gasteiger partial charge in [0.1, 0.15) is 5.69 Å². The molecule has 1 heterocycles. The number of amides is 1. The van der Waals surface area contributed by atoms with Crippen LogP contribution < -0.4 is 5.32 Å². The summed E-state index contributed by atoms with van der Waals surface area (Å²) in [4.78, 5) is 17.0. The summed E-state index contributed by atoms with van der Waals surface area (Å²) < 4.78 is 25.5. The number of aromatic nitrogens is 1. The van der Waals surface area contributed by atoms with E-state index in [9.17, 15) is 13.2 Å². The van der Waals surface area contributed by atoms with Crippen LogP contribution in [-0.2, 0) is 15.6 Å². The number of hydrogen-bond donors (Lipinski definition) is 1. The predicted octanol–water partition coefficient (Wildman–Crippen LogP) is 4.73. The van der Waals surface area contributed by atoms with Crippen LogP contribution in [0, 0.1) is 0 Å². The summed E-state index contributed by atoms with van der Waals surface area (Å²) in [6.07, 6.45) is 4.60. The van der Waals surface area contributed by atoms with Crippen molar-refractivity contribution in [1.82, 2.24) is 4.98 Å². The van der Waals surface area contributed by atoms with Crippen LogP contribution in [0.25, 0.3) is 10.9 Å². The second-order valence-corrected chi connectivity index (χ2v) is 9.89. The number of rotatable bonds is 5. The molecule has 3 aromatic rings. The first-order valence-electron chi connectivity index (χ1n) is 9.99. The van der Waals surface area contributed by atoms with Crippen LogP contribution in [0.1, 0.15) is 48.2 Å². The third-order valence-electron chi connectivity index (χ3n) is 5.44. The van der Waals surface area contributed by atoms with E-state index in [-0.39, 0.29) is 16.9 Å². The second-order valence-electron chi connectivity index (χ2n) is 7.61. The van der Waals surface area contributed by atoms with Gasteiger partial charge in [-0.1, -0.05) is 55.7 Å². The molecule has 0 aliphatic heterocycles. The van der Waals surface area contributed by atoms with Crippen molar-refractivity contribution in [1.29, 1.82) is 0 Å². The summed E-state index contributed by atoms with van der Waals surface area (Å²) >= 11 is 0. The Morgan fingerprint density at radius 2 is 1.76 bits per heavy atom. The number of carbonyl (C=O) groups excluding carboxylic acids is 1. The van der Waals surface area contributed by atoms with Gasteiger partial charge in [0.2, 0.25) is 0 Å². The maximum absolute atomic E-state index is 12.7. The Kier molecular flexibility index (Phi) is 5.62. The molecule has 1 amide bonds. The Hall–Kier alpha value is -2.73. The number of benzene rings is 2. The lowest BCUT2D eigenvalue weighted by atomic mass is 10.0. The van der Waals surface area contributed by atoms with Gasteiger partial charge in [-0.3, -0.25) is 4.79 Å². The molecule has 0 atom stereocenters. The Balaban J connectivity index is 1.48. The molecule has 0 bridgehead atoms. The lowest BCUT2D eigenvalue weighted by Crippen LogP contribution is -2.25. The van der Waals surface area contributed by atoms with Gasteiger partial charge in [0.15, 0.2) is 9.84 Å². The molecule has 150 valence electrons. The minimum Gasteiger partial charge on any atom is -0.321 e. The van der Waals surface area contributed by atoms with Crippen molar-refractivity contribution >= 4 is 32.3 Å².